The summed E-state index contributed by atoms with van der Waals surface area (Å²) in [5.74, 6) is 0.883. The van der Waals surface area contributed by atoms with Gasteiger partial charge in [0.2, 0.25) is 11.0 Å². The lowest BCUT2D eigenvalue weighted by molar-refractivity contribution is -0.127. The Morgan fingerprint density at radius 1 is 1.64 bits per heavy atom. The van der Waals surface area contributed by atoms with E-state index in [1.54, 1.807) is 4.90 Å². The molecule has 1 N–H and O–H groups in total. The van der Waals surface area contributed by atoms with Crippen molar-refractivity contribution in [3.8, 4) is 0 Å². The molecule has 1 saturated heterocycles. The molecule has 2 rings (SSSR count). The number of aromatic nitrogens is 2. The highest BCUT2D eigenvalue weighted by atomic mass is 32.1. The summed E-state index contributed by atoms with van der Waals surface area (Å²) >= 11 is 1.30. The van der Waals surface area contributed by atoms with Crippen molar-refractivity contribution in [1.29, 1.82) is 0 Å². The number of anilines is 1. The van der Waals surface area contributed by atoms with E-state index < -0.39 is 0 Å². The summed E-state index contributed by atoms with van der Waals surface area (Å²) in [6.07, 6.45) is 0.841. The molecule has 6 heteroatoms. The maximum absolute atomic E-state index is 11.5. The van der Waals surface area contributed by atoms with Gasteiger partial charge in [-0.1, -0.05) is 0 Å². The van der Waals surface area contributed by atoms with Gasteiger partial charge in [-0.15, -0.1) is 0 Å². The Hall–Kier alpha value is -1.17. The SMILES string of the molecule is Cc1nsc(N[C@@H]2CCN(C)C2=O)n1. The molecule has 1 aromatic heterocycles. The number of nitrogens with zero attached hydrogens (tertiary/aromatic N) is 3. The maximum atomic E-state index is 11.5. The zero-order valence-electron chi connectivity index (χ0n) is 8.15. The fraction of sp³-hybridized carbons (Fsp3) is 0.625. The first-order valence-corrected chi connectivity index (χ1v) is 5.26. The number of carbonyl (C=O) groups is 1. The first kappa shape index (κ1) is 9.39. The van der Waals surface area contributed by atoms with E-state index >= 15 is 0 Å². The molecule has 0 bridgehead atoms. The minimum Gasteiger partial charge on any atom is -0.348 e. The molecule has 0 saturated carbocycles. The summed E-state index contributed by atoms with van der Waals surface area (Å²) in [7, 11) is 1.81. The molecule has 1 atom stereocenters. The van der Waals surface area contributed by atoms with E-state index in [1.165, 1.54) is 11.5 Å². The number of likely N-dealkylation sites (tertiary alicyclic amines) is 1. The Labute approximate surface area is 86.3 Å². The van der Waals surface area contributed by atoms with Crippen molar-refractivity contribution in [2.45, 2.75) is 19.4 Å². The van der Waals surface area contributed by atoms with Gasteiger partial charge in [-0.3, -0.25) is 4.79 Å². The number of amides is 1. The number of hydrogen-bond donors (Lipinski definition) is 1. The minimum absolute atomic E-state index is 0.118. The summed E-state index contributed by atoms with van der Waals surface area (Å²) < 4.78 is 4.05. The first-order chi connectivity index (χ1) is 6.66. The van der Waals surface area contributed by atoms with E-state index in [1.807, 2.05) is 14.0 Å². The summed E-state index contributed by atoms with van der Waals surface area (Å²) in [4.78, 5) is 17.4. The largest absolute Gasteiger partial charge is 0.348 e. The van der Waals surface area contributed by atoms with Crippen LogP contribution in [0.3, 0.4) is 0 Å². The molecule has 1 aromatic rings. The van der Waals surface area contributed by atoms with Gasteiger partial charge in [-0.2, -0.15) is 4.37 Å². The van der Waals surface area contributed by atoms with Crippen LogP contribution >= 0.6 is 11.5 Å². The van der Waals surface area contributed by atoms with E-state index in [9.17, 15) is 4.79 Å². The average Bonchev–Trinajstić information content (AvgIpc) is 2.67. The van der Waals surface area contributed by atoms with Crippen LogP contribution in [-0.2, 0) is 4.79 Å². The van der Waals surface area contributed by atoms with Crippen LogP contribution in [0.15, 0.2) is 0 Å². The van der Waals surface area contributed by atoms with Gasteiger partial charge < -0.3 is 10.2 Å². The second kappa shape index (κ2) is 3.53. The summed E-state index contributed by atoms with van der Waals surface area (Å²) in [6, 6.07) is -0.118. The predicted molar refractivity (Wildman–Crippen MR) is 54.3 cm³/mol. The van der Waals surface area contributed by atoms with Gasteiger partial charge in [0, 0.05) is 25.1 Å². The monoisotopic (exact) mass is 212 g/mol. The second-order valence-corrected chi connectivity index (χ2v) is 4.14. The fourth-order valence-electron chi connectivity index (χ4n) is 1.46. The number of nitrogens with one attached hydrogen (secondary N) is 1. The standard InChI is InChI=1S/C8H12N4OS/c1-5-9-8(14-11-5)10-6-3-4-12(2)7(6)13/h6H,3-4H2,1-2H3,(H,9,10,11)/t6-/m1/s1. The van der Waals surface area contributed by atoms with Gasteiger partial charge in [-0.25, -0.2) is 4.98 Å². The number of hydrogen-bond acceptors (Lipinski definition) is 5. The molecule has 2 heterocycles. The van der Waals surface area contributed by atoms with Crippen molar-refractivity contribution >= 4 is 22.6 Å². The van der Waals surface area contributed by atoms with Crippen LogP contribution in [0.25, 0.3) is 0 Å². The molecule has 1 fully saturated rings. The Morgan fingerprint density at radius 2 is 2.43 bits per heavy atom. The molecule has 1 aliphatic rings. The number of carbonyl (C=O) groups excluding carboxylic acids is 1. The van der Waals surface area contributed by atoms with Gasteiger partial charge in [0.05, 0.1) is 0 Å². The third-order valence-electron chi connectivity index (χ3n) is 2.25. The Bertz CT molecular complexity index is 351. The Balaban J connectivity index is 2.02. The normalized spacial score (nSPS) is 21.7. The lowest BCUT2D eigenvalue weighted by Gasteiger charge is -2.10. The molecule has 0 unspecified atom stereocenters. The molecular formula is C8H12N4OS. The van der Waals surface area contributed by atoms with E-state index in [0.717, 1.165) is 23.9 Å². The zero-order chi connectivity index (χ0) is 10.1. The van der Waals surface area contributed by atoms with Crippen LogP contribution in [0.5, 0.6) is 0 Å². The molecule has 0 spiro atoms. The zero-order valence-corrected chi connectivity index (χ0v) is 8.97. The van der Waals surface area contributed by atoms with Gasteiger partial charge in [0.1, 0.15) is 11.9 Å². The molecule has 5 nitrogen and oxygen atoms in total. The Kier molecular flexibility index (Phi) is 2.37. The van der Waals surface area contributed by atoms with Crippen LogP contribution in [0, 0.1) is 6.92 Å². The highest BCUT2D eigenvalue weighted by molar-refractivity contribution is 7.09. The highest BCUT2D eigenvalue weighted by Gasteiger charge is 2.29. The van der Waals surface area contributed by atoms with Gasteiger partial charge >= 0.3 is 0 Å². The van der Waals surface area contributed by atoms with Crippen molar-refractivity contribution in [2.75, 3.05) is 18.9 Å². The molecule has 1 amide bonds. The number of aryl methyl sites for hydroxylation is 1. The lowest BCUT2D eigenvalue weighted by atomic mass is 10.2. The van der Waals surface area contributed by atoms with Crippen LogP contribution in [0.2, 0.25) is 0 Å². The van der Waals surface area contributed by atoms with Crippen molar-refractivity contribution in [3.05, 3.63) is 5.82 Å². The molecule has 14 heavy (non-hydrogen) atoms. The van der Waals surface area contributed by atoms with Crippen molar-refractivity contribution in [3.63, 3.8) is 0 Å². The molecule has 0 radical (unpaired) electrons. The number of likely N-dealkylation sites (N-methyl/N-ethyl adjacent to an activating group) is 1. The molecular weight excluding hydrogens is 200 g/mol. The van der Waals surface area contributed by atoms with Gasteiger partial charge in [0.15, 0.2) is 0 Å². The van der Waals surface area contributed by atoms with Crippen LogP contribution in [0.1, 0.15) is 12.2 Å². The smallest absolute Gasteiger partial charge is 0.244 e. The summed E-state index contributed by atoms with van der Waals surface area (Å²) in [5.41, 5.74) is 0. The van der Waals surface area contributed by atoms with Crippen LogP contribution in [0.4, 0.5) is 5.13 Å². The van der Waals surface area contributed by atoms with Crippen molar-refractivity contribution < 1.29 is 4.79 Å². The van der Waals surface area contributed by atoms with Crippen molar-refractivity contribution in [1.82, 2.24) is 14.3 Å². The second-order valence-electron chi connectivity index (χ2n) is 3.39. The van der Waals surface area contributed by atoms with Gasteiger partial charge in [-0.05, 0) is 13.3 Å². The van der Waals surface area contributed by atoms with E-state index in [0.29, 0.717) is 0 Å². The van der Waals surface area contributed by atoms with Crippen molar-refractivity contribution in [2.24, 2.45) is 0 Å². The summed E-state index contributed by atoms with van der Waals surface area (Å²) in [5, 5.41) is 3.83. The minimum atomic E-state index is -0.118. The summed E-state index contributed by atoms with van der Waals surface area (Å²) in [6.45, 7) is 2.65. The van der Waals surface area contributed by atoms with Gasteiger partial charge in [0.25, 0.3) is 0 Å². The quantitative estimate of drug-likeness (QED) is 0.775. The fourth-order valence-corrected chi connectivity index (χ4v) is 2.09. The molecule has 76 valence electrons. The topological polar surface area (TPSA) is 58.1 Å². The predicted octanol–water partition coefficient (Wildman–Crippen LogP) is 0.489. The van der Waals surface area contributed by atoms with Crippen LogP contribution < -0.4 is 5.32 Å². The first-order valence-electron chi connectivity index (χ1n) is 4.48. The number of rotatable bonds is 2. The third kappa shape index (κ3) is 1.70. The third-order valence-corrected chi connectivity index (χ3v) is 2.99. The van der Waals surface area contributed by atoms with E-state index in [4.69, 9.17) is 0 Å². The average molecular weight is 212 g/mol. The molecule has 0 aliphatic carbocycles. The molecule has 1 aliphatic heterocycles. The molecule has 0 aromatic carbocycles. The van der Waals surface area contributed by atoms with Crippen LogP contribution in [-0.4, -0.2) is 39.8 Å². The highest BCUT2D eigenvalue weighted by Crippen LogP contribution is 2.17. The van der Waals surface area contributed by atoms with E-state index in [2.05, 4.69) is 14.7 Å². The Morgan fingerprint density at radius 3 is 2.93 bits per heavy atom. The van der Waals surface area contributed by atoms with E-state index in [-0.39, 0.29) is 11.9 Å². The maximum Gasteiger partial charge on any atom is 0.244 e. The lowest BCUT2D eigenvalue weighted by Crippen LogP contribution is -2.30.